The number of allylic oxidation sites excluding steroid dienone is 1. The summed E-state index contributed by atoms with van der Waals surface area (Å²) in [5.74, 6) is 0. The van der Waals surface area contributed by atoms with E-state index in [0.29, 0.717) is 16.4 Å². The molecule has 1 aliphatic carbocycles. The lowest BCUT2D eigenvalue weighted by Gasteiger charge is -2.16. The molecule has 24 heavy (non-hydrogen) atoms. The highest BCUT2D eigenvalue weighted by atomic mass is 35.5. The molecule has 4 rings (SSSR count). The lowest BCUT2D eigenvalue weighted by atomic mass is 9.89. The van der Waals surface area contributed by atoms with Gasteiger partial charge in [0, 0.05) is 10.6 Å². The molecule has 0 fully saturated rings. The molecule has 0 atom stereocenters. The van der Waals surface area contributed by atoms with Crippen LogP contribution in [0.4, 0.5) is 5.69 Å². The van der Waals surface area contributed by atoms with Gasteiger partial charge in [-0.2, -0.15) is 5.10 Å². The molecule has 0 spiro atoms. The predicted molar refractivity (Wildman–Crippen MR) is 102 cm³/mol. The number of hydrogen-bond acceptors (Lipinski definition) is 3. The highest BCUT2D eigenvalue weighted by molar-refractivity contribution is 6.55. The molecule has 0 heterocycles. The number of benzene rings is 3. The molecule has 116 valence electrons. The smallest absolute Gasteiger partial charge is 0.109 e. The van der Waals surface area contributed by atoms with Crippen LogP contribution in [0, 0.1) is 5.41 Å². The van der Waals surface area contributed by atoms with E-state index in [1.807, 2.05) is 72.8 Å². The Balaban J connectivity index is 1.76. The van der Waals surface area contributed by atoms with Crippen LogP contribution in [0.5, 0.6) is 0 Å². The van der Waals surface area contributed by atoms with Crippen molar-refractivity contribution in [3.05, 3.63) is 82.9 Å². The molecule has 0 amide bonds. The second kappa shape index (κ2) is 5.95. The summed E-state index contributed by atoms with van der Waals surface area (Å²) >= 11 is 6.08. The van der Waals surface area contributed by atoms with Crippen LogP contribution in [0.3, 0.4) is 0 Å². The van der Waals surface area contributed by atoms with Gasteiger partial charge in [-0.3, -0.25) is 10.8 Å². The Morgan fingerprint density at radius 2 is 1.75 bits per heavy atom. The van der Waals surface area contributed by atoms with E-state index in [1.54, 1.807) is 0 Å². The summed E-state index contributed by atoms with van der Waals surface area (Å²) in [4.78, 5) is 0. The second-order valence-electron chi connectivity index (χ2n) is 5.58. The number of hydrazone groups is 1. The summed E-state index contributed by atoms with van der Waals surface area (Å²) in [6.07, 6.45) is 3.86. The fourth-order valence-corrected chi connectivity index (χ4v) is 3.03. The number of hydrogen-bond donors (Lipinski definition) is 2. The number of fused-ring (bicyclic) bond motifs is 3. The van der Waals surface area contributed by atoms with Crippen molar-refractivity contribution in [3.8, 4) is 0 Å². The van der Waals surface area contributed by atoms with Crippen LogP contribution in [-0.2, 0) is 0 Å². The Morgan fingerprint density at radius 3 is 2.58 bits per heavy atom. The average Bonchev–Trinajstić information content (AvgIpc) is 2.61. The number of nitrogens with zero attached hydrogens (tertiary/aromatic N) is 1. The molecule has 0 unspecified atom stereocenters. The topological polar surface area (TPSA) is 48.2 Å². The van der Waals surface area contributed by atoms with Gasteiger partial charge in [-0.15, -0.1) is 0 Å². The fraction of sp³-hybridized carbons (Fsp3) is 0. The van der Waals surface area contributed by atoms with Crippen LogP contribution in [0.2, 0.25) is 5.02 Å². The normalized spacial score (nSPS) is 14.9. The van der Waals surface area contributed by atoms with Crippen molar-refractivity contribution in [1.82, 2.24) is 0 Å². The van der Waals surface area contributed by atoms with E-state index >= 15 is 0 Å². The first-order valence-electron chi connectivity index (χ1n) is 7.61. The summed E-state index contributed by atoms with van der Waals surface area (Å²) in [6, 6.07) is 19.5. The van der Waals surface area contributed by atoms with Gasteiger partial charge in [0.25, 0.3) is 0 Å². The minimum Gasteiger partial charge on any atom is -0.298 e. The number of anilines is 1. The van der Waals surface area contributed by atoms with Crippen molar-refractivity contribution < 1.29 is 0 Å². The van der Waals surface area contributed by atoms with Crippen molar-refractivity contribution >= 4 is 45.6 Å². The van der Waals surface area contributed by atoms with Gasteiger partial charge in [-0.25, -0.2) is 0 Å². The molecule has 0 saturated carbocycles. The van der Waals surface area contributed by atoms with Crippen molar-refractivity contribution in [2.75, 3.05) is 5.43 Å². The largest absolute Gasteiger partial charge is 0.298 e. The summed E-state index contributed by atoms with van der Waals surface area (Å²) in [5, 5.41) is 15.7. The highest BCUT2D eigenvalue weighted by Crippen LogP contribution is 2.29. The van der Waals surface area contributed by atoms with E-state index < -0.39 is 0 Å². The number of halogens is 1. The predicted octanol–water partition coefficient (Wildman–Crippen LogP) is 5.36. The van der Waals surface area contributed by atoms with Gasteiger partial charge >= 0.3 is 0 Å². The zero-order chi connectivity index (χ0) is 16.5. The Kier molecular flexibility index (Phi) is 3.63. The minimum absolute atomic E-state index is 0.406. The van der Waals surface area contributed by atoms with Gasteiger partial charge in [0.2, 0.25) is 0 Å². The van der Waals surface area contributed by atoms with Crippen molar-refractivity contribution in [1.29, 1.82) is 5.41 Å². The maximum Gasteiger partial charge on any atom is 0.109 e. The third-order valence-electron chi connectivity index (χ3n) is 4.02. The van der Waals surface area contributed by atoms with Gasteiger partial charge in [-0.05, 0) is 46.7 Å². The van der Waals surface area contributed by atoms with Crippen LogP contribution >= 0.6 is 11.6 Å². The molecule has 4 heteroatoms. The van der Waals surface area contributed by atoms with E-state index in [0.717, 1.165) is 27.6 Å². The summed E-state index contributed by atoms with van der Waals surface area (Å²) in [6.45, 7) is 0. The Labute approximate surface area is 144 Å². The third-order valence-corrected chi connectivity index (χ3v) is 4.26. The lowest BCUT2D eigenvalue weighted by molar-refractivity contribution is 1.34. The second-order valence-corrected chi connectivity index (χ2v) is 6.01. The van der Waals surface area contributed by atoms with Crippen LogP contribution in [0.1, 0.15) is 11.1 Å². The number of nitrogens with one attached hydrogen (secondary N) is 2. The highest BCUT2D eigenvalue weighted by Gasteiger charge is 2.18. The summed E-state index contributed by atoms with van der Waals surface area (Å²) in [7, 11) is 0. The summed E-state index contributed by atoms with van der Waals surface area (Å²) < 4.78 is 0. The third kappa shape index (κ3) is 2.59. The van der Waals surface area contributed by atoms with Crippen molar-refractivity contribution in [3.63, 3.8) is 0 Å². The molecule has 3 nitrogen and oxygen atoms in total. The molecule has 0 radical (unpaired) electrons. The van der Waals surface area contributed by atoms with E-state index in [-0.39, 0.29) is 0 Å². The molecule has 3 aromatic carbocycles. The van der Waals surface area contributed by atoms with Gasteiger partial charge < -0.3 is 0 Å². The molecular formula is C20H14ClN3. The Bertz CT molecular complexity index is 1000. The number of rotatable bonds is 2. The van der Waals surface area contributed by atoms with Gasteiger partial charge in [0.15, 0.2) is 0 Å². The minimum atomic E-state index is 0.406. The van der Waals surface area contributed by atoms with Gasteiger partial charge in [0.05, 0.1) is 11.4 Å². The molecule has 0 bridgehead atoms. The lowest BCUT2D eigenvalue weighted by Crippen LogP contribution is -2.18. The van der Waals surface area contributed by atoms with Crippen LogP contribution in [0.25, 0.3) is 16.8 Å². The molecular weight excluding hydrogens is 318 g/mol. The SMILES string of the molecule is N=C1/C(=N\Nc2ccccc2)C=Cc2ccc3cc(Cl)ccc3c21. The monoisotopic (exact) mass is 331 g/mol. The maximum absolute atomic E-state index is 8.57. The number of para-hydroxylation sites is 1. The van der Waals surface area contributed by atoms with E-state index in [4.69, 9.17) is 17.0 Å². The molecule has 0 aliphatic heterocycles. The molecule has 2 N–H and O–H groups in total. The van der Waals surface area contributed by atoms with Crippen LogP contribution < -0.4 is 5.43 Å². The zero-order valence-electron chi connectivity index (χ0n) is 12.8. The molecule has 1 aliphatic rings. The standard InChI is InChI=1S/C20H14ClN3/c21-15-9-10-17-14(12-15)7-6-13-8-11-18(20(22)19(13)17)24-23-16-4-2-1-3-5-16/h1-12,22-23H/b22-20?,24-18-. The quantitative estimate of drug-likeness (QED) is 0.610. The van der Waals surface area contributed by atoms with Crippen LogP contribution in [-0.4, -0.2) is 11.4 Å². The Morgan fingerprint density at radius 1 is 0.917 bits per heavy atom. The molecule has 0 aromatic heterocycles. The van der Waals surface area contributed by atoms with E-state index in [2.05, 4.69) is 10.5 Å². The van der Waals surface area contributed by atoms with Gasteiger partial charge in [-0.1, -0.05) is 54.1 Å². The first-order chi connectivity index (χ1) is 11.7. The average molecular weight is 332 g/mol. The first kappa shape index (κ1) is 14.7. The zero-order valence-corrected chi connectivity index (χ0v) is 13.5. The van der Waals surface area contributed by atoms with E-state index in [1.165, 1.54) is 0 Å². The molecule has 0 saturated heterocycles. The summed E-state index contributed by atoms with van der Waals surface area (Å²) in [5.41, 5.74) is 6.82. The fourth-order valence-electron chi connectivity index (χ4n) is 2.85. The first-order valence-corrected chi connectivity index (χ1v) is 7.98. The Hall–Kier alpha value is -2.91. The van der Waals surface area contributed by atoms with Crippen molar-refractivity contribution in [2.45, 2.75) is 0 Å². The maximum atomic E-state index is 8.57. The van der Waals surface area contributed by atoms with Gasteiger partial charge in [0.1, 0.15) is 5.71 Å². The van der Waals surface area contributed by atoms with Crippen molar-refractivity contribution in [2.24, 2.45) is 5.10 Å². The van der Waals surface area contributed by atoms with E-state index in [9.17, 15) is 0 Å². The molecule has 3 aromatic rings. The van der Waals surface area contributed by atoms with Crippen LogP contribution in [0.15, 0.2) is 71.8 Å².